The molecule has 0 aromatic carbocycles. The lowest BCUT2D eigenvalue weighted by atomic mass is 10.2. The second kappa shape index (κ2) is 5.62. The fourth-order valence-corrected chi connectivity index (χ4v) is 1.46. The molecular weight excluding hydrogens is 224 g/mol. The van der Waals surface area contributed by atoms with Crippen LogP contribution in [-0.2, 0) is 14.1 Å². The zero-order valence-electron chi connectivity index (χ0n) is 10.3. The van der Waals surface area contributed by atoms with E-state index in [0.29, 0.717) is 6.42 Å². The second-order valence-electron chi connectivity index (χ2n) is 3.94. The maximum Gasteiger partial charge on any atom is 0.346 e. The van der Waals surface area contributed by atoms with E-state index in [1.807, 2.05) is 6.92 Å². The smallest absolute Gasteiger partial charge is 0.346 e. The van der Waals surface area contributed by atoms with E-state index in [4.69, 9.17) is 0 Å². The standard InChI is InChI=1S/C10H18N4O3/c1-4-5-7(15)6-11-8-9(16)13(2)10(17)14(3)12-8/h7,15H,4-6H2,1-3H3,(H,11,12). The summed E-state index contributed by atoms with van der Waals surface area (Å²) in [6, 6.07) is 0. The van der Waals surface area contributed by atoms with E-state index >= 15 is 0 Å². The van der Waals surface area contributed by atoms with Crippen molar-refractivity contribution in [2.75, 3.05) is 11.9 Å². The minimum Gasteiger partial charge on any atom is -0.391 e. The lowest BCUT2D eigenvalue weighted by molar-refractivity contribution is 0.176. The second-order valence-corrected chi connectivity index (χ2v) is 3.94. The first-order valence-corrected chi connectivity index (χ1v) is 5.53. The molecule has 1 unspecified atom stereocenters. The van der Waals surface area contributed by atoms with E-state index in [0.717, 1.165) is 15.7 Å². The average Bonchev–Trinajstić information content (AvgIpc) is 2.30. The Morgan fingerprint density at radius 1 is 1.41 bits per heavy atom. The van der Waals surface area contributed by atoms with Crippen LogP contribution in [0.25, 0.3) is 0 Å². The van der Waals surface area contributed by atoms with Crippen LogP contribution in [0.5, 0.6) is 0 Å². The lowest BCUT2D eigenvalue weighted by Crippen LogP contribution is -2.40. The molecule has 0 aliphatic carbocycles. The predicted molar refractivity (Wildman–Crippen MR) is 64.1 cm³/mol. The molecule has 1 heterocycles. The van der Waals surface area contributed by atoms with Gasteiger partial charge in [0.2, 0.25) is 5.82 Å². The molecule has 96 valence electrons. The molecule has 0 spiro atoms. The Balaban J connectivity index is 2.86. The number of aryl methyl sites for hydroxylation is 1. The molecule has 0 aliphatic heterocycles. The van der Waals surface area contributed by atoms with Gasteiger partial charge < -0.3 is 10.4 Å². The van der Waals surface area contributed by atoms with Crippen molar-refractivity contribution in [3.63, 3.8) is 0 Å². The summed E-state index contributed by atoms with van der Waals surface area (Å²) in [6.45, 7) is 2.21. The highest BCUT2D eigenvalue weighted by Crippen LogP contribution is 1.97. The van der Waals surface area contributed by atoms with Gasteiger partial charge in [-0.25, -0.2) is 9.48 Å². The average molecular weight is 242 g/mol. The SMILES string of the molecule is CCCC(O)CNc1nn(C)c(=O)n(C)c1=O. The Morgan fingerprint density at radius 2 is 2.06 bits per heavy atom. The minimum atomic E-state index is -0.524. The van der Waals surface area contributed by atoms with Gasteiger partial charge in [0.05, 0.1) is 6.10 Å². The van der Waals surface area contributed by atoms with Crippen LogP contribution >= 0.6 is 0 Å². The number of aliphatic hydroxyl groups is 1. The van der Waals surface area contributed by atoms with E-state index in [1.165, 1.54) is 14.1 Å². The first kappa shape index (κ1) is 13.4. The monoisotopic (exact) mass is 242 g/mol. The Bertz CT molecular complexity index is 491. The van der Waals surface area contributed by atoms with Crippen LogP contribution < -0.4 is 16.6 Å². The van der Waals surface area contributed by atoms with Gasteiger partial charge in [-0.2, -0.15) is 0 Å². The molecule has 0 amide bonds. The molecule has 0 saturated carbocycles. The summed E-state index contributed by atoms with van der Waals surface area (Å²) in [4.78, 5) is 23.0. The van der Waals surface area contributed by atoms with Crippen molar-refractivity contribution >= 4 is 5.82 Å². The number of nitrogens with zero attached hydrogens (tertiary/aromatic N) is 3. The van der Waals surface area contributed by atoms with Crippen molar-refractivity contribution < 1.29 is 5.11 Å². The molecular formula is C10H18N4O3. The van der Waals surface area contributed by atoms with E-state index < -0.39 is 17.4 Å². The molecule has 0 saturated heterocycles. The van der Waals surface area contributed by atoms with Gasteiger partial charge in [-0.05, 0) is 6.42 Å². The van der Waals surface area contributed by atoms with Gasteiger partial charge in [-0.15, -0.1) is 5.10 Å². The van der Waals surface area contributed by atoms with Crippen LogP contribution in [0.3, 0.4) is 0 Å². The first-order valence-electron chi connectivity index (χ1n) is 5.53. The van der Waals surface area contributed by atoms with Crippen molar-refractivity contribution in [1.29, 1.82) is 0 Å². The Hall–Kier alpha value is -1.63. The van der Waals surface area contributed by atoms with Crippen molar-refractivity contribution in [1.82, 2.24) is 14.3 Å². The maximum atomic E-state index is 11.7. The largest absolute Gasteiger partial charge is 0.391 e. The van der Waals surface area contributed by atoms with Crippen molar-refractivity contribution in [3.8, 4) is 0 Å². The number of hydrogen-bond acceptors (Lipinski definition) is 5. The molecule has 2 N–H and O–H groups in total. The van der Waals surface area contributed by atoms with E-state index in [1.54, 1.807) is 0 Å². The van der Waals surface area contributed by atoms with E-state index in [9.17, 15) is 14.7 Å². The van der Waals surface area contributed by atoms with Crippen LogP contribution in [0, 0.1) is 0 Å². The summed E-state index contributed by atoms with van der Waals surface area (Å²) in [5.74, 6) is 0.0738. The topological polar surface area (TPSA) is 89.2 Å². The van der Waals surface area contributed by atoms with Crippen molar-refractivity contribution in [3.05, 3.63) is 20.8 Å². The van der Waals surface area contributed by atoms with Crippen LogP contribution in [0.15, 0.2) is 9.59 Å². The van der Waals surface area contributed by atoms with Gasteiger partial charge in [0.25, 0.3) is 5.56 Å². The molecule has 0 fully saturated rings. The highest BCUT2D eigenvalue weighted by molar-refractivity contribution is 5.29. The van der Waals surface area contributed by atoms with Gasteiger partial charge in [-0.3, -0.25) is 9.36 Å². The van der Waals surface area contributed by atoms with Crippen LogP contribution in [0.2, 0.25) is 0 Å². The molecule has 1 aromatic heterocycles. The molecule has 0 aliphatic rings. The zero-order valence-corrected chi connectivity index (χ0v) is 10.3. The van der Waals surface area contributed by atoms with Gasteiger partial charge in [0.1, 0.15) is 0 Å². The number of hydrogen-bond donors (Lipinski definition) is 2. The van der Waals surface area contributed by atoms with Crippen molar-refractivity contribution in [2.24, 2.45) is 14.1 Å². The number of rotatable bonds is 5. The summed E-state index contributed by atoms with van der Waals surface area (Å²) < 4.78 is 2.05. The summed E-state index contributed by atoms with van der Waals surface area (Å²) >= 11 is 0. The van der Waals surface area contributed by atoms with E-state index in [2.05, 4.69) is 10.4 Å². The molecule has 1 rings (SSSR count). The highest BCUT2D eigenvalue weighted by Gasteiger charge is 2.09. The summed E-state index contributed by atoms with van der Waals surface area (Å²) in [5.41, 5.74) is -0.966. The Kier molecular flexibility index (Phi) is 4.45. The first-order chi connectivity index (χ1) is 7.97. The third kappa shape index (κ3) is 3.16. The Morgan fingerprint density at radius 3 is 2.65 bits per heavy atom. The van der Waals surface area contributed by atoms with Gasteiger partial charge in [-0.1, -0.05) is 13.3 Å². The van der Waals surface area contributed by atoms with Gasteiger partial charge >= 0.3 is 5.69 Å². The fourth-order valence-electron chi connectivity index (χ4n) is 1.46. The number of aliphatic hydroxyl groups excluding tert-OH is 1. The van der Waals surface area contributed by atoms with Crippen LogP contribution in [0.4, 0.5) is 5.82 Å². The third-order valence-electron chi connectivity index (χ3n) is 2.45. The molecule has 7 nitrogen and oxygen atoms in total. The van der Waals surface area contributed by atoms with Gasteiger partial charge in [0.15, 0.2) is 0 Å². The minimum absolute atomic E-state index is 0.0738. The summed E-state index contributed by atoms with van der Waals surface area (Å²) in [5, 5.41) is 16.1. The summed E-state index contributed by atoms with van der Waals surface area (Å²) in [7, 11) is 2.86. The van der Waals surface area contributed by atoms with Crippen molar-refractivity contribution in [2.45, 2.75) is 25.9 Å². The Labute approximate surface area is 98.7 Å². The van der Waals surface area contributed by atoms with Gasteiger partial charge in [0, 0.05) is 20.6 Å². The summed E-state index contributed by atoms with van der Waals surface area (Å²) in [6.07, 6.45) is 0.990. The zero-order chi connectivity index (χ0) is 13.0. The number of aromatic nitrogens is 3. The lowest BCUT2D eigenvalue weighted by Gasteiger charge is -2.11. The molecule has 7 heteroatoms. The molecule has 17 heavy (non-hydrogen) atoms. The quantitative estimate of drug-likeness (QED) is 0.695. The molecule has 0 bridgehead atoms. The third-order valence-corrected chi connectivity index (χ3v) is 2.45. The number of nitrogens with one attached hydrogen (secondary N) is 1. The normalized spacial score (nSPS) is 12.5. The van der Waals surface area contributed by atoms with Crippen LogP contribution in [-0.4, -0.2) is 32.1 Å². The maximum absolute atomic E-state index is 11.7. The predicted octanol–water partition coefficient (Wildman–Crippen LogP) is -0.948. The molecule has 0 radical (unpaired) electrons. The number of anilines is 1. The molecule has 1 atom stereocenters. The van der Waals surface area contributed by atoms with Crippen LogP contribution in [0.1, 0.15) is 19.8 Å². The highest BCUT2D eigenvalue weighted by atomic mass is 16.3. The molecule has 1 aromatic rings. The fraction of sp³-hybridized carbons (Fsp3) is 0.700. The van der Waals surface area contributed by atoms with E-state index in [-0.39, 0.29) is 12.4 Å².